The molecular formula is C18H19N3O4. The van der Waals surface area contributed by atoms with Crippen molar-refractivity contribution in [2.75, 3.05) is 20.3 Å². The summed E-state index contributed by atoms with van der Waals surface area (Å²) in [5.41, 5.74) is 1.84. The van der Waals surface area contributed by atoms with Gasteiger partial charge in [0.15, 0.2) is 0 Å². The Morgan fingerprint density at radius 2 is 2.12 bits per heavy atom. The number of nitrogens with zero attached hydrogens (tertiary/aromatic N) is 3. The Balaban J connectivity index is 1.95. The Hall–Kier alpha value is -2.80. The monoisotopic (exact) mass is 341 g/mol. The van der Waals surface area contributed by atoms with Crippen LogP contribution in [0.25, 0.3) is 11.3 Å². The van der Waals surface area contributed by atoms with Crippen LogP contribution in [-0.4, -0.2) is 52.1 Å². The van der Waals surface area contributed by atoms with E-state index in [9.17, 15) is 14.7 Å². The van der Waals surface area contributed by atoms with E-state index >= 15 is 0 Å². The standard InChI is InChI=1S/C18H19N3O4/c1-25-11-17(22)21-8-4-7-16(21)15-10-19-9-14(20-15)12-5-2-3-6-13(12)18(23)24/h2-3,5-6,9-10,16H,4,7-8,11H2,1H3,(H,23,24)/t16-/m1/s1. The minimum Gasteiger partial charge on any atom is -0.478 e. The molecule has 3 rings (SSSR count). The van der Waals surface area contributed by atoms with E-state index in [4.69, 9.17) is 4.74 Å². The smallest absolute Gasteiger partial charge is 0.336 e. The molecule has 0 bridgehead atoms. The summed E-state index contributed by atoms with van der Waals surface area (Å²) in [5, 5.41) is 9.37. The third-order valence-corrected chi connectivity index (χ3v) is 4.27. The number of aromatic nitrogens is 2. The quantitative estimate of drug-likeness (QED) is 0.896. The predicted molar refractivity (Wildman–Crippen MR) is 90.0 cm³/mol. The number of hydrogen-bond acceptors (Lipinski definition) is 5. The molecule has 1 N–H and O–H groups in total. The normalized spacial score (nSPS) is 16.8. The SMILES string of the molecule is COCC(=O)N1CCC[C@@H]1c1cncc(-c2ccccc2C(=O)O)n1. The third kappa shape index (κ3) is 3.51. The topological polar surface area (TPSA) is 92.6 Å². The second-order valence-electron chi connectivity index (χ2n) is 5.86. The highest BCUT2D eigenvalue weighted by Gasteiger charge is 2.31. The fourth-order valence-electron chi connectivity index (χ4n) is 3.14. The van der Waals surface area contributed by atoms with E-state index in [1.54, 1.807) is 35.5 Å². The number of rotatable bonds is 5. The van der Waals surface area contributed by atoms with Crippen LogP contribution < -0.4 is 0 Å². The van der Waals surface area contributed by atoms with Gasteiger partial charge >= 0.3 is 5.97 Å². The van der Waals surface area contributed by atoms with E-state index in [0.29, 0.717) is 23.5 Å². The summed E-state index contributed by atoms with van der Waals surface area (Å²) in [6.45, 7) is 0.690. The minimum absolute atomic E-state index is 0.0332. The molecule has 2 heterocycles. The fourth-order valence-corrected chi connectivity index (χ4v) is 3.14. The van der Waals surface area contributed by atoms with Gasteiger partial charge in [-0.1, -0.05) is 18.2 Å². The molecule has 1 saturated heterocycles. The Labute approximate surface area is 145 Å². The van der Waals surface area contributed by atoms with Crippen LogP contribution in [0.4, 0.5) is 0 Å². The second-order valence-corrected chi connectivity index (χ2v) is 5.86. The van der Waals surface area contributed by atoms with Crippen molar-refractivity contribution in [1.82, 2.24) is 14.9 Å². The molecule has 1 atom stereocenters. The Kier molecular flexibility index (Phi) is 5.04. The van der Waals surface area contributed by atoms with Gasteiger partial charge in [0, 0.05) is 19.2 Å². The Morgan fingerprint density at radius 3 is 2.88 bits per heavy atom. The molecule has 1 aliphatic rings. The van der Waals surface area contributed by atoms with Gasteiger partial charge in [0.25, 0.3) is 0 Å². The maximum Gasteiger partial charge on any atom is 0.336 e. The molecule has 1 aliphatic heterocycles. The van der Waals surface area contributed by atoms with Crippen LogP contribution in [0.3, 0.4) is 0 Å². The third-order valence-electron chi connectivity index (χ3n) is 4.27. The first kappa shape index (κ1) is 17.0. The maximum atomic E-state index is 12.2. The van der Waals surface area contributed by atoms with E-state index in [1.165, 1.54) is 13.2 Å². The number of likely N-dealkylation sites (tertiary alicyclic amines) is 1. The molecule has 0 aliphatic carbocycles. The van der Waals surface area contributed by atoms with Crippen LogP contribution >= 0.6 is 0 Å². The van der Waals surface area contributed by atoms with Gasteiger partial charge in [-0.2, -0.15) is 0 Å². The summed E-state index contributed by atoms with van der Waals surface area (Å²) in [4.78, 5) is 34.2. The molecule has 25 heavy (non-hydrogen) atoms. The number of carboxylic acid groups (broad SMARTS) is 1. The summed E-state index contributed by atoms with van der Waals surface area (Å²) < 4.78 is 4.94. The molecule has 7 nitrogen and oxygen atoms in total. The molecule has 1 aromatic carbocycles. The molecule has 7 heteroatoms. The Bertz CT molecular complexity index is 793. The van der Waals surface area contributed by atoms with Crippen molar-refractivity contribution in [1.29, 1.82) is 0 Å². The lowest BCUT2D eigenvalue weighted by Gasteiger charge is -2.24. The summed E-state index contributed by atoms with van der Waals surface area (Å²) in [6, 6.07) is 6.52. The van der Waals surface area contributed by atoms with Crippen LogP contribution in [0.15, 0.2) is 36.7 Å². The molecule has 1 aromatic heterocycles. The molecule has 1 amide bonds. The van der Waals surface area contributed by atoms with E-state index < -0.39 is 5.97 Å². The van der Waals surface area contributed by atoms with Crippen LogP contribution in [0, 0.1) is 0 Å². The number of benzene rings is 1. The summed E-state index contributed by atoms with van der Waals surface area (Å²) in [5.74, 6) is -1.09. The predicted octanol–water partition coefficient (Wildman–Crippen LogP) is 2.15. The number of carbonyl (C=O) groups excluding carboxylic acids is 1. The minimum atomic E-state index is -1.01. The number of hydrogen-bond donors (Lipinski definition) is 1. The van der Waals surface area contributed by atoms with Gasteiger partial charge in [0.05, 0.1) is 35.4 Å². The molecule has 2 aromatic rings. The fraction of sp³-hybridized carbons (Fsp3) is 0.333. The number of methoxy groups -OCH3 is 1. The first-order valence-electron chi connectivity index (χ1n) is 8.05. The number of ether oxygens (including phenoxy) is 1. The lowest BCUT2D eigenvalue weighted by molar-refractivity contribution is -0.136. The highest BCUT2D eigenvalue weighted by molar-refractivity contribution is 5.95. The highest BCUT2D eigenvalue weighted by Crippen LogP contribution is 2.32. The van der Waals surface area contributed by atoms with Gasteiger partial charge in [-0.05, 0) is 18.9 Å². The van der Waals surface area contributed by atoms with Crippen LogP contribution in [-0.2, 0) is 9.53 Å². The first-order valence-corrected chi connectivity index (χ1v) is 8.05. The second kappa shape index (κ2) is 7.40. The van der Waals surface area contributed by atoms with Crippen molar-refractivity contribution < 1.29 is 19.4 Å². The zero-order valence-electron chi connectivity index (χ0n) is 13.9. The molecule has 0 saturated carbocycles. The highest BCUT2D eigenvalue weighted by atomic mass is 16.5. The van der Waals surface area contributed by atoms with Crippen molar-refractivity contribution >= 4 is 11.9 Å². The molecule has 1 fully saturated rings. The Morgan fingerprint density at radius 1 is 1.32 bits per heavy atom. The summed E-state index contributed by atoms with van der Waals surface area (Å²) in [6.07, 6.45) is 4.86. The van der Waals surface area contributed by atoms with E-state index in [-0.39, 0.29) is 24.1 Å². The van der Waals surface area contributed by atoms with Gasteiger partial charge in [0.2, 0.25) is 5.91 Å². The maximum absolute atomic E-state index is 12.2. The number of carboxylic acids is 1. The largest absolute Gasteiger partial charge is 0.478 e. The van der Waals surface area contributed by atoms with E-state index in [2.05, 4.69) is 9.97 Å². The van der Waals surface area contributed by atoms with Gasteiger partial charge in [-0.25, -0.2) is 9.78 Å². The summed E-state index contributed by atoms with van der Waals surface area (Å²) >= 11 is 0. The number of amides is 1. The van der Waals surface area contributed by atoms with E-state index in [1.807, 2.05) is 0 Å². The number of carbonyl (C=O) groups is 2. The summed E-state index contributed by atoms with van der Waals surface area (Å²) in [7, 11) is 1.49. The molecule has 0 unspecified atom stereocenters. The van der Waals surface area contributed by atoms with Gasteiger partial charge in [-0.3, -0.25) is 9.78 Å². The van der Waals surface area contributed by atoms with Crippen LogP contribution in [0.1, 0.15) is 34.9 Å². The zero-order chi connectivity index (χ0) is 17.8. The van der Waals surface area contributed by atoms with Gasteiger partial charge < -0.3 is 14.7 Å². The number of aromatic carboxylic acids is 1. The van der Waals surface area contributed by atoms with Gasteiger partial charge in [0.1, 0.15) is 6.61 Å². The molecule has 0 radical (unpaired) electrons. The lowest BCUT2D eigenvalue weighted by Crippen LogP contribution is -2.33. The molecule has 0 spiro atoms. The first-order chi connectivity index (χ1) is 12.1. The van der Waals surface area contributed by atoms with Crippen molar-refractivity contribution in [3.8, 4) is 11.3 Å². The van der Waals surface area contributed by atoms with Gasteiger partial charge in [-0.15, -0.1) is 0 Å². The van der Waals surface area contributed by atoms with E-state index in [0.717, 1.165) is 12.8 Å². The van der Waals surface area contributed by atoms with Crippen LogP contribution in [0.5, 0.6) is 0 Å². The van der Waals surface area contributed by atoms with Crippen molar-refractivity contribution in [2.45, 2.75) is 18.9 Å². The average Bonchev–Trinajstić information content (AvgIpc) is 3.12. The van der Waals surface area contributed by atoms with Crippen molar-refractivity contribution in [3.63, 3.8) is 0 Å². The average molecular weight is 341 g/mol. The van der Waals surface area contributed by atoms with Crippen molar-refractivity contribution in [2.24, 2.45) is 0 Å². The van der Waals surface area contributed by atoms with Crippen molar-refractivity contribution in [3.05, 3.63) is 47.9 Å². The van der Waals surface area contributed by atoms with Crippen LogP contribution in [0.2, 0.25) is 0 Å². The molecular weight excluding hydrogens is 322 g/mol. The lowest BCUT2D eigenvalue weighted by atomic mass is 10.0. The molecule has 130 valence electrons. The zero-order valence-corrected chi connectivity index (χ0v) is 13.9.